The number of hydrogen-bond donors (Lipinski definition) is 0. The summed E-state index contributed by atoms with van der Waals surface area (Å²) in [6.45, 7) is 15.4. The molecule has 12 rings (SSSR count). The lowest BCUT2D eigenvalue weighted by atomic mass is 9.30. The Hall–Kier alpha value is -5.02. The van der Waals surface area contributed by atoms with Crippen molar-refractivity contribution < 1.29 is 0 Å². The average molecular weight is 755 g/mol. The van der Waals surface area contributed by atoms with Crippen LogP contribution in [0.2, 0.25) is 0 Å². The first-order chi connectivity index (χ1) is 28.1. The quantitative estimate of drug-likeness (QED) is 0.166. The van der Waals surface area contributed by atoms with Crippen LogP contribution in [-0.2, 0) is 10.8 Å². The van der Waals surface area contributed by atoms with E-state index in [0.29, 0.717) is 5.92 Å². The summed E-state index contributed by atoms with van der Waals surface area (Å²) in [5, 5.41) is 0. The lowest BCUT2D eigenvalue weighted by Gasteiger charge is -2.52. The summed E-state index contributed by atoms with van der Waals surface area (Å²) < 4.78 is 0. The van der Waals surface area contributed by atoms with Gasteiger partial charge in [0.15, 0.2) is 0 Å². The molecule has 0 N–H and O–H groups in total. The number of aryl methyl sites for hydroxylation is 2. The fourth-order valence-corrected chi connectivity index (χ4v) is 14.4. The maximum atomic E-state index is 2.88. The van der Waals surface area contributed by atoms with Gasteiger partial charge in [-0.25, -0.2) is 0 Å². The predicted octanol–water partition coefficient (Wildman–Crippen LogP) is 12.3. The van der Waals surface area contributed by atoms with Crippen molar-refractivity contribution in [3.8, 4) is 11.1 Å². The fourth-order valence-electron chi connectivity index (χ4n) is 14.4. The monoisotopic (exact) mass is 754 g/mol. The molecule has 6 aliphatic rings. The Morgan fingerprint density at radius 3 is 2.05 bits per heavy atom. The average Bonchev–Trinajstić information content (AvgIpc) is 3.57. The first kappa shape index (κ1) is 35.0. The van der Waals surface area contributed by atoms with E-state index in [0.717, 1.165) is 0 Å². The molecule has 58 heavy (non-hydrogen) atoms. The topological polar surface area (TPSA) is 6.48 Å². The first-order valence-electron chi connectivity index (χ1n) is 22.4. The smallest absolute Gasteiger partial charge is 0.247 e. The molecule has 3 heteroatoms. The Morgan fingerprint density at radius 2 is 1.26 bits per heavy atom. The minimum atomic E-state index is -0.0299. The van der Waals surface area contributed by atoms with Crippen LogP contribution >= 0.6 is 0 Å². The molecule has 3 aliphatic heterocycles. The molecule has 6 aromatic rings. The van der Waals surface area contributed by atoms with Crippen molar-refractivity contribution >= 4 is 51.5 Å². The van der Waals surface area contributed by atoms with E-state index in [9.17, 15) is 0 Å². The van der Waals surface area contributed by atoms with Crippen LogP contribution in [-0.4, -0.2) is 12.3 Å². The third-order valence-electron chi connectivity index (χ3n) is 17.3. The van der Waals surface area contributed by atoms with Crippen molar-refractivity contribution in [2.45, 2.75) is 115 Å². The van der Waals surface area contributed by atoms with Gasteiger partial charge in [-0.05, 0) is 149 Å². The molecule has 6 aromatic carbocycles. The molecule has 2 nitrogen and oxygen atoms in total. The van der Waals surface area contributed by atoms with E-state index in [1.165, 1.54) is 113 Å². The van der Waals surface area contributed by atoms with Gasteiger partial charge in [-0.2, -0.15) is 0 Å². The molecule has 5 atom stereocenters. The summed E-state index contributed by atoms with van der Waals surface area (Å²) in [5.41, 5.74) is 23.4. The molecule has 2 saturated carbocycles. The van der Waals surface area contributed by atoms with Crippen molar-refractivity contribution in [1.82, 2.24) is 0 Å². The van der Waals surface area contributed by atoms with E-state index in [4.69, 9.17) is 0 Å². The Bertz CT molecular complexity index is 2700. The van der Waals surface area contributed by atoms with Crippen molar-refractivity contribution in [2.75, 3.05) is 9.80 Å². The van der Waals surface area contributed by atoms with Crippen LogP contribution in [0.15, 0.2) is 121 Å². The van der Waals surface area contributed by atoms with Gasteiger partial charge in [0, 0.05) is 39.8 Å². The van der Waals surface area contributed by atoms with Gasteiger partial charge < -0.3 is 9.80 Å². The molecule has 2 fully saturated rings. The van der Waals surface area contributed by atoms with Gasteiger partial charge in [0.2, 0.25) is 6.71 Å². The highest BCUT2D eigenvalue weighted by Crippen LogP contribution is 2.69. The van der Waals surface area contributed by atoms with E-state index < -0.39 is 0 Å². The summed E-state index contributed by atoms with van der Waals surface area (Å²) >= 11 is 0. The number of para-hydroxylation sites is 2. The van der Waals surface area contributed by atoms with Gasteiger partial charge in [-0.15, -0.1) is 0 Å². The Kier molecular flexibility index (Phi) is 7.12. The molecule has 0 bridgehead atoms. The molecule has 0 saturated heterocycles. The number of nitrogens with zero attached hydrogens (tertiary/aromatic N) is 2. The molecular formula is C55H55BN2. The van der Waals surface area contributed by atoms with Crippen molar-refractivity contribution in [1.29, 1.82) is 0 Å². The second-order valence-corrected chi connectivity index (χ2v) is 20.0. The van der Waals surface area contributed by atoms with E-state index >= 15 is 0 Å². The Balaban J connectivity index is 1.22. The molecule has 0 amide bonds. The largest absolute Gasteiger partial charge is 0.334 e. The van der Waals surface area contributed by atoms with Crippen molar-refractivity contribution in [3.05, 3.63) is 155 Å². The number of benzene rings is 6. The molecule has 0 radical (unpaired) electrons. The van der Waals surface area contributed by atoms with Gasteiger partial charge in [-0.3, -0.25) is 0 Å². The highest BCUT2D eigenvalue weighted by molar-refractivity contribution is 6.99. The summed E-state index contributed by atoms with van der Waals surface area (Å²) in [6, 6.07) is 47.5. The molecule has 288 valence electrons. The standard InChI is InChI=1S/C55H55BN2/c1-35-29-36(2)49-46(30-35)58(55(6)28-18-17-27-54(49,55)5)40-33-41-50-48-42(52(3)25-15-16-26-53(50,52)4)31-38(37-19-9-7-10-20-37)32-44(48)56-43-23-13-14-24-45(43)57(47(34-40)51(41)56)39-21-11-8-12-22-39/h7-14,19-24,29-34,50H,15-18,25-28H2,1-6H3. The highest BCUT2D eigenvalue weighted by Gasteiger charge is 2.63. The van der Waals surface area contributed by atoms with Crippen molar-refractivity contribution in [2.24, 2.45) is 5.41 Å². The van der Waals surface area contributed by atoms with E-state index in [1.807, 2.05) is 0 Å². The second kappa shape index (κ2) is 11.8. The maximum absolute atomic E-state index is 2.88. The lowest BCUT2D eigenvalue weighted by Crippen LogP contribution is -2.62. The summed E-state index contributed by atoms with van der Waals surface area (Å²) in [5.74, 6) is 0.326. The van der Waals surface area contributed by atoms with Crippen LogP contribution < -0.4 is 26.2 Å². The Morgan fingerprint density at radius 1 is 0.569 bits per heavy atom. The number of fused-ring (bicyclic) bond motifs is 10. The van der Waals surface area contributed by atoms with Crippen molar-refractivity contribution in [3.63, 3.8) is 0 Å². The van der Waals surface area contributed by atoms with E-state index in [2.05, 4.69) is 173 Å². The van der Waals surface area contributed by atoms with Gasteiger partial charge >= 0.3 is 0 Å². The Labute approximate surface area is 346 Å². The highest BCUT2D eigenvalue weighted by atomic mass is 15.3. The van der Waals surface area contributed by atoms with Crippen LogP contribution in [0.4, 0.5) is 28.4 Å². The van der Waals surface area contributed by atoms with Crippen LogP contribution in [0.1, 0.15) is 118 Å². The minimum Gasteiger partial charge on any atom is -0.334 e. The summed E-state index contributed by atoms with van der Waals surface area (Å²) in [4.78, 5) is 5.52. The molecule has 0 spiro atoms. The zero-order chi connectivity index (χ0) is 39.3. The second-order valence-electron chi connectivity index (χ2n) is 20.0. The third kappa shape index (κ3) is 4.21. The first-order valence-corrected chi connectivity index (χ1v) is 22.4. The number of hydrogen-bond acceptors (Lipinski definition) is 2. The number of rotatable bonds is 3. The number of anilines is 5. The summed E-state index contributed by atoms with van der Waals surface area (Å²) in [7, 11) is 0. The molecule has 5 unspecified atom stereocenters. The van der Waals surface area contributed by atoms with Gasteiger partial charge in [0.1, 0.15) is 0 Å². The van der Waals surface area contributed by atoms with Crippen LogP contribution in [0.5, 0.6) is 0 Å². The van der Waals surface area contributed by atoms with Crippen LogP contribution in [0.3, 0.4) is 0 Å². The van der Waals surface area contributed by atoms with E-state index in [1.54, 1.807) is 27.7 Å². The van der Waals surface area contributed by atoms with Crippen LogP contribution in [0.25, 0.3) is 11.1 Å². The molecular weight excluding hydrogens is 699 g/mol. The SMILES string of the molecule is Cc1cc(C)c2c(c1)N(c1cc3c4c(c1)N(c1ccccc1)c1ccccc1B4c1cc(-c4ccccc4)cc4c1C3C1(C)CCCCC41C)C1(C)CCCCC21C. The van der Waals surface area contributed by atoms with Gasteiger partial charge in [0.25, 0.3) is 0 Å². The zero-order valence-corrected chi connectivity index (χ0v) is 35.3. The molecule has 3 heterocycles. The minimum absolute atomic E-state index is 0.0299. The third-order valence-corrected chi connectivity index (χ3v) is 17.3. The normalized spacial score (nSPS) is 28.3. The maximum Gasteiger partial charge on any atom is 0.247 e. The van der Waals surface area contributed by atoms with E-state index in [-0.39, 0.29) is 28.5 Å². The fraction of sp³-hybridized carbons (Fsp3) is 0.345. The predicted molar refractivity (Wildman–Crippen MR) is 246 cm³/mol. The van der Waals surface area contributed by atoms with Gasteiger partial charge in [0.05, 0.1) is 5.54 Å². The zero-order valence-electron chi connectivity index (χ0n) is 35.3. The summed E-state index contributed by atoms with van der Waals surface area (Å²) in [6.07, 6.45) is 10.1. The van der Waals surface area contributed by atoms with Gasteiger partial charge in [-0.1, -0.05) is 137 Å². The molecule has 3 aliphatic carbocycles. The molecule has 0 aromatic heterocycles. The lowest BCUT2D eigenvalue weighted by molar-refractivity contribution is 0.0926. The van der Waals surface area contributed by atoms with Crippen LogP contribution in [0, 0.1) is 19.3 Å².